The van der Waals surface area contributed by atoms with E-state index < -0.39 is 29.2 Å². The zero-order valence-corrected chi connectivity index (χ0v) is 12.9. The number of aromatic carboxylic acids is 1. The molecule has 0 saturated heterocycles. The lowest BCUT2D eigenvalue weighted by Gasteiger charge is -1.97. The predicted octanol–water partition coefficient (Wildman–Crippen LogP) is 4.21. The van der Waals surface area contributed by atoms with Crippen molar-refractivity contribution in [3.63, 3.8) is 0 Å². The Labute approximate surface area is 136 Å². The van der Waals surface area contributed by atoms with Crippen molar-refractivity contribution in [2.75, 3.05) is 5.33 Å². The number of rotatable bonds is 3. The van der Waals surface area contributed by atoms with Gasteiger partial charge in [-0.3, -0.25) is 4.79 Å². The molecule has 2 aromatic rings. The first-order valence-electron chi connectivity index (χ1n) is 5.97. The number of carbonyl (C=O) groups excluding carboxylic acids is 1. The third-order valence-electron chi connectivity index (χ3n) is 2.42. The van der Waals surface area contributed by atoms with Gasteiger partial charge >= 0.3 is 5.97 Å². The van der Waals surface area contributed by atoms with Crippen LogP contribution in [0.3, 0.4) is 0 Å². The highest BCUT2D eigenvalue weighted by Gasteiger charge is 2.07. The molecule has 0 aliphatic heterocycles. The molecule has 2 rings (SSSR count). The van der Waals surface area contributed by atoms with Crippen molar-refractivity contribution in [2.24, 2.45) is 0 Å². The van der Waals surface area contributed by atoms with Crippen LogP contribution in [-0.2, 0) is 0 Å². The largest absolute Gasteiger partial charge is 0.478 e. The van der Waals surface area contributed by atoms with Gasteiger partial charge in [0.1, 0.15) is 23.3 Å². The number of hydrogen-bond acceptors (Lipinski definition) is 2. The Hall–Kier alpha value is -2.22. The van der Waals surface area contributed by atoms with E-state index in [-0.39, 0.29) is 22.2 Å². The molecule has 0 spiro atoms. The molecule has 0 fully saturated rings. The van der Waals surface area contributed by atoms with E-state index in [9.17, 15) is 27.2 Å². The van der Waals surface area contributed by atoms with Gasteiger partial charge in [-0.05, 0) is 24.3 Å². The van der Waals surface area contributed by atoms with Gasteiger partial charge in [-0.1, -0.05) is 15.9 Å². The maximum Gasteiger partial charge on any atom is 0.335 e. The molecule has 3 nitrogen and oxygen atoms in total. The molecule has 0 saturated carbocycles. The summed E-state index contributed by atoms with van der Waals surface area (Å²) in [6.07, 6.45) is 0. The first kappa shape index (κ1) is 18.8. The zero-order valence-electron chi connectivity index (χ0n) is 11.3. The van der Waals surface area contributed by atoms with Crippen molar-refractivity contribution in [1.82, 2.24) is 0 Å². The zero-order chi connectivity index (χ0) is 17.6. The molecule has 122 valence electrons. The number of carboxylic acid groups (broad SMARTS) is 1. The predicted molar refractivity (Wildman–Crippen MR) is 77.8 cm³/mol. The van der Waals surface area contributed by atoms with Gasteiger partial charge in [0.15, 0.2) is 5.78 Å². The Morgan fingerprint density at radius 1 is 0.783 bits per heavy atom. The fourth-order valence-electron chi connectivity index (χ4n) is 1.47. The van der Waals surface area contributed by atoms with E-state index >= 15 is 0 Å². The van der Waals surface area contributed by atoms with E-state index in [1.165, 1.54) is 0 Å². The highest BCUT2D eigenvalue weighted by molar-refractivity contribution is 9.09. The topological polar surface area (TPSA) is 54.4 Å². The van der Waals surface area contributed by atoms with Crippen LogP contribution in [0.5, 0.6) is 0 Å². The normalized spacial score (nSPS) is 9.78. The second-order valence-corrected chi connectivity index (χ2v) is 4.74. The van der Waals surface area contributed by atoms with Gasteiger partial charge in [0, 0.05) is 17.7 Å². The monoisotopic (exact) mass is 392 g/mol. The van der Waals surface area contributed by atoms with E-state index in [0.29, 0.717) is 6.07 Å². The smallest absolute Gasteiger partial charge is 0.335 e. The van der Waals surface area contributed by atoms with Crippen LogP contribution in [0.4, 0.5) is 17.6 Å². The Kier molecular flexibility index (Phi) is 6.89. The molecule has 8 heteroatoms. The van der Waals surface area contributed by atoms with E-state index in [0.717, 1.165) is 30.3 Å². The molecule has 2 aromatic carbocycles. The molecular formula is C15H9BrF4O3. The van der Waals surface area contributed by atoms with E-state index in [1.54, 1.807) is 0 Å². The highest BCUT2D eigenvalue weighted by Crippen LogP contribution is 2.09. The molecule has 0 aliphatic carbocycles. The standard InChI is InChI=1S/C8H5BrF2O.C7H4F2O2/c9-4-8(12)5-1-6(10)3-7(11)2-5;8-5-1-4(7(10)11)2-6(9)3-5/h1-3H,4H2;1-3H,(H,10,11). The summed E-state index contributed by atoms with van der Waals surface area (Å²) in [5.41, 5.74) is -0.341. The van der Waals surface area contributed by atoms with E-state index in [2.05, 4.69) is 15.9 Å². The van der Waals surface area contributed by atoms with Crippen LogP contribution < -0.4 is 0 Å². The number of carboxylic acids is 1. The van der Waals surface area contributed by atoms with E-state index in [1.807, 2.05) is 0 Å². The van der Waals surface area contributed by atoms with Crippen molar-refractivity contribution < 1.29 is 32.3 Å². The minimum absolute atomic E-state index is 0.0457. The Morgan fingerprint density at radius 2 is 1.13 bits per heavy atom. The van der Waals surface area contributed by atoms with Crippen molar-refractivity contribution in [3.05, 3.63) is 70.8 Å². The lowest BCUT2D eigenvalue weighted by Crippen LogP contribution is -2.01. The van der Waals surface area contributed by atoms with Crippen LogP contribution in [0.2, 0.25) is 0 Å². The molecule has 0 amide bonds. The fourth-order valence-corrected chi connectivity index (χ4v) is 1.79. The van der Waals surface area contributed by atoms with Crippen molar-refractivity contribution in [3.8, 4) is 0 Å². The first-order chi connectivity index (χ1) is 10.7. The molecule has 0 aliphatic rings. The summed E-state index contributed by atoms with van der Waals surface area (Å²) in [5.74, 6) is -4.93. The highest BCUT2D eigenvalue weighted by atomic mass is 79.9. The third-order valence-corrected chi connectivity index (χ3v) is 2.92. The van der Waals surface area contributed by atoms with Gasteiger partial charge in [-0.2, -0.15) is 0 Å². The molecule has 0 aromatic heterocycles. The van der Waals surface area contributed by atoms with Crippen LogP contribution in [0.15, 0.2) is 36.4 Å². The maximum absolute atomic E-state index is 12.5. The number of halogens is 5. The summed E-state index contributed by atoms with van der Waals surface area (Å²) in [4.78, 5) is 21.1. The molecule has 0 radical (unpaired) electrons. The lowest BCUT2D eigenvalue weighted by atomic mass is 10.1. The Balaban J connectivity index is 0.000000231. The van der Waals surface area contributed by atoms with Gasteiger partial charge < -0.3 is 5.11 Å². The number of carbonyl (C=O) groups is 2. The van der Waals surface area contributed by atoms with Crippen LogP contribution >= 0.6 is 15.9 Å². The molecule has 0 bridgehead atoms. The van der Waals surface area contributed by atoms with Gasteiger partial charge in [-0.15, -0.1) is 0 Å². The van der Waals surface area contributed by atoms with Gasteiger partial charge in [0.05, 0.1) is 10.9 Å². The molecule has 0 unspecified atom stereocenters. The summed E-state index contributed by atoms with van der Waals surface area (Å²) in [6, 6.07) is 4.87. The molecule has 1 N–H and O–H groups in total. The average molecular weight is 393 g/mol. The third kappa shape index (κ3) is 6.19. The summed E-state index contributed by atoms with van der Waals surface area (Å²) in [7, 11) is 0. The van der Waals surface area contributed by atoms with Crippen molar-refractivity contribution >= 4 is 27.7 Å². The lowest BCUT2D eigenvalue weighted by molar-refractivity contribution is 0.0695. The molecule has 0 heterocycles. The second-order valence-electron chi connectivity index (χ2n) is 4.18. The summed E-state index contributed by atoms with van der Waals surface area (Å²) in [5, 5.41) is 8.37. The Bertz CT molecular complexity index is 694. The second kappa shape index (κ2) is 8.42. The minimum atomic E-state index is -1.34. The van der Waals surface area contributed by atoms with Crippen LogP contribution in [0.25, 0.3) is 0 Å². The first-order valence-corrected chi connectivity index (χ1v) is 7.09. The average Bonchev–Trinajstić information content (AvgIpc) is 2.45. The van der Waals surface area contributed by atoms with Crippen LogP contribution in [-0.4, -0.2) is 22.2 Å². The summed E-state index contributed by atoms with van der Waals surface area (Å²) in [6.45, 7) is 0. The van der Waals surface area contributed by atoms with Crippen LogP contribution in [0, 0.1) is 23.3 Å². The Morgan fingerprint density at radius 3 is 1.43 bits per heavy atom. The summed E-state index contributed by atoms with van der Waals surface area (Å²) >= 11 is 2.91. The van der Waals surface area contributed by atoms with Crippen molar-refractivity contribution in [2.45, 2.75) is 0 Å². The summed E-state index contributed by atoms with van der Waals surface area (Å²) < 4.78 is 49.6. The number of alkyl halides is 1. The molecule has 0 atom stereocenters. The van der Waals surface area contributed by atoms with Crippen molar-refractivity contribution in [1.29, 1.82) is 0 Å². The van der Waals surface area contributed by atoms with Gasteiger partial charge in [0.25, 0.3) is 0 Å². The van der Waals surface area contributed by atoms with Gasteiger partial charge in [0.2, 0.25) is 0 Å². The number of hydrogen-bond donors (Lipinski definition) is 1. The van der Waals surface area contributed by atoms with E-state index in [4.69, 9.17) is 5.11 Å². The molecule has 23 heavy (non-hydrogen) atoms. The maximum atomic E-state index is 12.5. The van der Waals surface area contributed by atoms with Crippen LogP contribution in [0.1, 0.15) is 20.7 Å². The van der Waals surface area contributed by atoms with Gasteiger partial charge in [-0.25, -0.2) is 22.4 Å². The minimum Gasteiger partial charge on any atom is -0.478 e. The molecular weight excluding hydrogens is 384 g/mol. The quantitative estimate of drug-likeness (QED) is 0.483. The number of benzene rings is 2. The number of ketones is 1. The fraction of sp³-hybridized carbons (Fsp3) is 0.0667. The SMILES string of the molecule is O=C(CBr)c1cc(F)cc(F)c1.O=C(O)c1cc(F)cc(F)c1. The number of Topliss-reactive ketones (excluding diaryl/α,β-unsaturated/α-hetero) is 1.